The minimum absolute atomic E-state index is 0.119. The molecule has 2 fully saturated rings. The van der Waals surface area contributed by atoms with Gasteiger partial charge < -0.3 is 0 Å². The van der Waals surface area contributed by atoms with Gasteiger partial charge in [0.25, 0.3) is 0 Å². The van der Waals surface area contributed by atoms with E-state index >= 15 is 0 Å². The van der Waals surface area contributed by atoms with E-state index in [-0.39, 0.29) is 17.0 Å². The number of rotatable bonds is 6. The second kappa shape index (κ2) is 6.50. The maximum Gasteiger partial charge on any atom is 0.217 e. The first-order valence-electron chi connectivity index (χ1n) is 8.13. The first kappa shape index (κ1) is 15.7. The molecule has 120 valence electrons. The maximum atomic E-state index is 12.4. The van der Waals surface area contributed by atoms with E-state index in [0.29, 0.717) is 19.5 Å². The van der Waals surface area contributed by atoms with Crippen molar-refractivity contribution in [1.29, 1.82) is 0 Å². The number of benzene rings is 1. The maximum absolute atomic E-state index is 12.4. The van der Waals surface area contributed by atoms with Crippen LogP contribution in [0.25, 0.3) is 0 Å². The van der Waals surface area contributed by atoms with Crippen LogP contribution in [0.2, 0.25) is 0 Å². The van der Waals surface area contributed by atoms with Crippen molar-refractivity contribution in [3.05, 3.63) is 35.9 Å². The summed E-state index contributed by atoms with van der Waals surface area (Å²) in [6, 6.07) is 9.97. The van der Waals surface area contributed by atoms with Crippen molar-refractivity contribution in [3.8, 4) is 0 Å². The fraction of sp³-hybridized carbons (Fsp3) is 0.588. The van der Waals surface area contributed by atoms with Crippen LogP contribution >= 0.6 is 0 Å². The lowest BCUT2D eigenvalue weighted by atomic mass is 9.91. The Bertz CT molecular complexity index is 623. The number of piperidine rings is 1. The molecule has 22 heavy (non-hydrogen) atoms. The first-order valence-corrected chi connectivity index (χ1v) is 9.63. The van der Waals surface area contributed by atoms with Crippen LogP contribution in [0, 0.1) is 5.92 Å². The third-order valence-electron chi connectivity index (χ3n) is 4.65. The average Bonchev–Trinajstić information content (AvgIpc) is 3.39. The van der Waals surface area contributed by atoms with Crippen LogP contribution in [0.1, 0.15) is 37.7 Å². The molecule has 1 aromatic carbocycles. The fourth-order valence-electron chi connectivity index (χ4n) is 3.13. The van der Waals surface area contributed by atoms with Gasteiger partial charge >= 0.3 is 0 Å². The lowest BCUT2D eigenvalue weighted by molar-refractivity contribution is -0.123. The highest BCUT2D eigenvalue weighted by Crippen LogP contribution is 2.33. The summed E-state index contributed by atoms with van der Waals surface area (Å²) in [6.45, 7) is 0.980. The minimum Gasteiger partial charge on any atom is -0.299 e. The predicted molar refractivity (Wildman–Crippen MR) is 86.0 cm³/mol. The third kappa shape index (κ3) is 3.58. The summed E-state index contributed by atoms with van der Waals surface area (Å²) >= 11 is 0. The van der Waals surface area contributed by atoms with Gasteiger partial charge in [0.15, 0.2) is 0 Å². The van der Waals surface area contributed by atoms with Crippen LogP contribution in [0.3, 0.4) is 0 Å². The summed E-state index contributed by atoms with van der Waals surface area (Å²) in [5, 5.41) is -0.175. The number of aryl methyl sites for hydroxylation is 1. The number of hydrogen-bond donors (Lipinski definition) is 0. The van der Waals surface area contributed by atoms with Gasteiger partial charge in [0.1, 0.15) is 5.78 Å². The monoisotopic (exact) mass is 321 g/mol. The lowest BCUT2D eigenvalue weighted by Gasteiger charge is -2.31. The Morgan fingerprint density at radius 3 is 2.55 bits per heavy atom. The summed E-state index contributed by atoms with van der Waals surface area (Å²) in [5.74, 6) is 0.0885. The second-order valence-electron chi connectivity index (χ2n) is 6.39. The van der Waals surface area contributed by atoms with E-state index in [0.717, 1.165) is 37.7 Å². The molecular formula is C17H23NO3S. The molecule has 0 bridgehead atoms. The Morgan fingerprint density at radius 2 is 1.86 bits per heavy atom. The lowest BCUT2D eigenvalue weighted by Crippen LogP contribution is -2.43. The average molecular weight is 321 g/mol. The van der Waals surface area contributed by atoms with Crippen LogP contribution in [0.15, 0.2) is 30.3 Å². The molecule has 0 radical (unpaired) electrons. The highest BCUT2D eigenvalue weighted by molar-refractivity contribution is 7.90. The van der Waals surface area contributed by atoms with E-state index in [1.165, 1.54) is 0 Å². The Balaban J connectivity index is 1.56. The molecule has 3 rings (SSSR count). The normalized spacial score (nSPS) is 23.4. The van der Waals surface area contributed by atoms with E-state index in [9.17, 15) is 13.2 Å². The molecule has 1 saturated carbocycles. The highest BCUT2D eigenvalue weighted by atomic mass is 32.2. The highest BCUT2D eigenvalue weighted by Gasteiger charge is 2.42. The molecule has 1 atom stereocenters. The van der Waals surface area contributed by atoms with Gasteiger partial charge in [-0.1, -0.05) is 30.3 Å². The molecular weight excluding hydrogens is 298 g/mol. The number of hydrogen-bond acceptors (Lipinski definition) is 3. The Morgan fingerprint density at radius 1 is 1.14 bits per heavy atom. The van der Waals surface area contributed by atoms with Crippen LogP contribution < -0.4 is 0 Å². The number of sulfonamides is 1. The predicted octanol–water partition coefficient (Wildman–Crippen LogP) is 2.39. The second-order valence-corrected chi connectivity index (χ2v) is 8.61. The van der Waals surface area contributed by atoms with Crippen LogP contribution in [-0.4, -0.2) is 36.8 Å². The van der Waals surface area contributed by atoms with Gasteiger partial charge in [0.05, 0.1) is 5.25 Å². The first-order chi connectivity index (χ1) is 10.6. The van der Waals surface area contributed by atoms with Crippen molar-refractivity contribution in [2.45, 2.75) is 43.8 Å². The molecule has 5 heteroatoms. The third-order valence-corrected chi connectivity index (χ3v) is 7.01. The van der Waals surface area contributed by atoms with Crippen molar-refractivity contribution in [1.82, 2.24) is 4.31 Å². The summed E-state index contributed by atoms with van der Waals surface area (Å²) in [5.41, 5.74) is 1.16. The summed E-state index contributed by atoms with van der Waals surface area (Å²) in [6.07, 6.45) is 4.44. The van der Waals surface area contributed by atoms with Crippen LogP contribution in [0.4, 0.5) is 0 Å². The number of carbonyl (C=O) groups excluding carboxylic acids is 1. The number of carbonyl (C=O) groups is 1. The van der Waals surface area contributed by atoms with Gasteiger partial charge in [-0.3, -0.25) is 4.79 Å². The van der Waals surface area contributed by atoms with Crippen molar-refractivity contribution in [2.75, 3.05) is 13.1 Å². The van der Waals surface area contributed by atoms with Gasteiger partial charge in [0.2, 0.25) is 10.0 Å². The van der Waals surface area contributed by atoms with Crippen LogP contribution in [0.5, 0.6) is 0 Å². The van der Waals surface area contributed by atoms with Crippen molar-refractivity contribution >= 4 is 15.8 Å². The number of ketones is 1. The van der Waals surface area contributed by atoms with E-state index in [1.807, 2.05) is 30.3 Å². The van der Waals surface area contributed by atoms with E-state index < -0.39 is 10.0 Å². The van der Waals surface area contributed by atoms with Gasteiger partial charge in [-0.15, -0.1) is 0 Å². The Hall–Kier alpha value is -1.20. The smallest absolute Gasteiger partial charge is 0.217 e. The molecule has 1 saturated heterocycles. The Labute approximate surface area is 132 Å². The molecule has 1 aliphatic heterocycles. The van der Waals surface area contributed by atoms with Gasteiger partial charge in [-0.2, -0.15) is 0 Å². The SMILES string of the molecule is O=C(CCc1ccccc1)[C@@H]1CCCN(S(=O)(=O)C2CC2)C1. The van der Waals surface area contributed by atoms with E-state index in [2.05, 4.69) is 0 Å². The largest absolute Gasteiger partial charge is 0.299 e. The summed E-state index contributed by atoms with van der Waals surface area (Å²) in [7, 11) is -3.14. The molecule has 0 spiro atoms. The number of Topliss-reactive ketones (excluding diaryl/α,β-unsaturated/α-hetero) is 1. The molecule has 0 amide bonds. The zero-order valence-corrected chi connectivity index (χ0v) is 13.6. The minimum atomic E-state index is -3.14. The zero-order valence-electron chi connectivity index (χ0n) is 12.8. The molecule has 0 N–H and O–H groups in total. The summed E-state index contributed by atoms with van der Waals surface area (Å²) < 4.78 is 26.2. The molecule has 0 aromatic heterocycles. The molecule has 2 aliphatic rings. The molecule has 4 nitrogen and oxygen atoms in total. The molecule has 1 aliphatic carbocycles. The topological polar surface area (TPSA) is 54.5 Å². The van der Waals surface area contributed by atoms with Crippen molar-refractivity contribution in [3.63, 3.8) is 0 Å². The van der Waals surface area contributed by atoms with Gasteiger partial charge in [0, 0.05) is 25.4 Å². The van der Waals surface area contributed by atoms with Gasteiger partial charge in [-0.25, -0.2) is 12.7 Å². The standard InChI is InChI=1S/C17H23NO3S/c19-17(11-8-14-5-2-1-3-6-14)15-7-4-12-18(13-15)22(20,21)16-9-10-16/h1-3,5-6,15-16H,4,7-13H2/t15-/m1/s1. The van der Waals surface area contributed by atoms with Gasteiger partial charge in [-0.05, 0) is 37.7 Å². The van der Waals surface area contributed by atoms with E-state index in [1.54, 1.807) is 4.31 Å². The van der Waals surface area contributed by atoms with E-state index in [4.69, 9.17) is 0 Å². The molecule has 0 unspecified atom stereocenters. The van der Waals surface area contributed by atoms with Crippen LogP contribution in [-0.2, 0) is 21.2 Å². The summed E-state index contributed by atoms with van der Waals surface area (Å²) in [4.78, 5) is 12.4. The molecule has 1 heterocycles. The fourth-order valence-corrected chi connectivity index (χ4v) is 5.05. The molecule has 1 aromatic rings. The number of nitrogens with zero attached hydrogens (tertiary/aromatic N) is 1. The Kier molecular flexibility index (Phi) is 4.64. The quantitative estimate of drug-likeness (QED) is 0.808. The van der Waals surface area contributed by atoms with Crippen molar-refractivity contribution < 1.29 is 13.2 Å². The van der Waals surface area contributed by atoms with Crippen molar-refractivity contribution in [2.24, 2.45) is 5.92 Å². The zero-order chi connectivity index (χ0) is 15.6.